The Bertz CT molecular complexity index is 1040. The molecule has 0 atom stereocenters. The van der Waals surface area contributed by atoms with Crippen molar-refractivity contribution < 1.29 is 4.79 Å². The second-order valence-corrected chi connectivity index (χ2v) is 8.34. The SMILES string of the molecule is CC(C)Nc1cccnc1N(C)C1CCN(C(=O)c2cc3cc(N)ccc3[nH]2)CC1. The maximum Gasteiger partial charge on any atom is 0.270 e. The van der Waals surface area contributed by atoms with Gasteiger partial charge in [0.25, 0.3) is 5.91 Å². The number of aromatic nitrogens is 2. The van der Waals surface area contributed by atoms with Gasteiger partial charge < -0.3 is 25.8 Å². The third kappa shape index (κ3) is 4.06. The van der Waals surface area contributed by atoms with Crippen molar-refractivity contribution in [2.24, 2.45) is 0 Å². The fourth-order valence-corrected chi connectivity index (χ4v) is 4.17. The number of carbonyl (C=O) groups excluding carboxylic acids is 1. The van der Waals surface area contributed by atoms with Crippen molar-refractivity contribution in [1.82, 2.24) is 14.9 Å². The van der Waals surface area contributed by atoms with E-state index < -0.39 is 0 Å². The summed E-state index contributed by atoms with van der Waals surface area (Å²) in [5.41, 5.74) is 9.16. The van der Waals surface area contributed by atoms with Crippen LogP contribution < -0.4 is 16.0 Å². The van der Waals surface area contributed by atoms with Crippen molar-refractivity contribution in [3.05, 3.63) is 48.3 Å². The average molecular weight is 407 g/mol. The molecule has 4 rings (SSSR count). The minimum Gasteiger partial charge on any atom is -0.399 e. The number of aromatic amines is 1. The van der Waals surface area contributed by atoms with Gasteiger partial charge >= 0.3 is 0 Å². The zero-order chi connectivity index (χ0) is 21.3. The normalized spacial score (nSPS) is 15.0. The highest BCUT2D eigenvalue weighted by molar-refractivity contribution is 5.98. The second kappa shape index (κ2) is 8.26. The molecule has 0 saturated carbocycles. The van der Waals surface area contributed by atoms with Gasteiger partial charge in [-0.25, -0.2) is 4.98 Å². The Kier molecular flexibility index (Phi) is 5.53. The largest absolute Gasteiger partial charge is 0.399 e. The Morgan fingerprint density at radius 2 is 2.03 bits per heavy atom. The number of likely N-dealkylation sites (tertiary alicyclic amines) is 1. The second-order valence-electron chi connectivity index (χ2n) is 8.34. The molecule has 0 aliphatic carbocycles. The van der Waals surface area contributed by atoms with Gasteiger partial charge in [-0.15, -0.1) is 0 Å². The first-order valence-corrected chi connectivity index (χ1v) is 10.5. The van der Waals surface area contributed by atoms with Crippen molar-refractivity contribution in [2.45, 2.75) is 38.8 Å². The molecule has 0 bridgehead atoms. The van der Waals surface area contributed by atoms with Crippen LogP contribution in [-0.4, -0.2) is 53.0 Å². The molecule has 1 fully saturated rings. The van der Waals surface area contributed by atoms with Gasteiger partial charge in [0.05, 0.1) is 5.69 Å². The van der Waals surface area contributed by atoms with Crippen LogP contribution in [0.15, 0.2) is 42.6 Å². The Morgan fingerprint density at radius 1 is 1.27 bits per heavy atom. The van der Waals surface area contributed by atoms with E-state index in [1.54, 1.807) is 0 Å². The van der Waals surface area contributed by atoms with E-state index >= 15 is 0 Å². The molecule has 3 heterocycles. The van der Waals surface area contributed by atoms with Crippen LogP contribution in [0.3, 0.4) is 0 Å². The lowest BCUT2D eigenvalue weighted by atomic mass is 10.0. The van der Waals surface area contributed by atoms with E-state index in [4.69, 9.17) is 5.73 Å². The summed E-state index contributed by atoms with van der Waals surface area (Å²) >= 11 is 0. The molecule has 4 N–H and O–H groups in total. The summed E-state index contributed by atoms with van der Waals surface area (Å²) in [6.45, 7) is 5.70. The molecule has 158 valence electrons. The minimum absolute atomic E-state index is 0.0471. The van der Waals surface area contributed by atoms with E-state index in [9.17, 15) is 4.79 Å². The lowest BCUT2D eigenvalue weighted by Crippen LogP contribution is -2.46. The summed E-state index contributed by atoms with van der Waals surface area (Å²) in [5.74, 6) is 1.01. The van der Waals surface area contributed by atoms with Gasteiger partial charge in [-0.05, 0) is 63.1 Å². The van der Waals surface area contributed by atoms with Crippen LogP contribution in [0.5, 0.6) is 0 Å². The number of benzene rings is 1. The molecule has 2 aromatic heterocycles. The van der Waals surface area contributed by atoms with Crippen molar-refractivity contribution in [2.75, 3.05) is 36.1 Å². The summed E-state index contributed by atoms with van der Waals surface area (Å²) in [5, 5.41) is 4.44. The fourth-order valence-electron chi connectivity index (χ4n) is 4.17. The number of pyridine rings is 1. The third-order valence-electron chi connectivity index (χ3n) is 5.74. The van der Waals surface area contributed by atoms with Gasteiger partial charge in [-0.1, -0.05) is 0 Å². The van der Waals surface area contributed by atoms with Crippen LogP contribution in [0, 0.1) is 0 Å². The van der Waals surface area contributed by atoms with Crippen LogP contribution in [0.4, 0.5) is 17.2 Å². The van der Waals surface area contributed by atoms with Crippen LogP contribution >= 0.6 is 0 Å². The highest BCUT2D eigenvalue weighted by Crippen LogP contribution is 2.28. The lowest BCUT2D eigenvalue weighted by molar-refractivity contribution is 0.0708. The summed E-state index contributed by atoms with van der Waals surface area (Å²) in [6.07, 6.45) is 3.65. The first kappa shape index (κ1) is 20.1. The number of anilines is 3. The zero-order valence-corrected chi connectivity index (χ0v) is 17.9. The summed E-state index contributed by atoms with van der Waals surface area (Å²) in [4.78, 5) is 25.0. The molecular formula is C23H30N6O. The molecule has 1 aliphatic rings. The highest BCUT2D eigenvalue weighted by Gasteiger charge is 2.28. The molecule has 0 radical (unpaired) electrons. The number of nitrogen functional groups attached to an aromatic ring is 1. The summed E-state index contributed by atoms with van der Waals surface area (Å²) in [6, 6.07) is 12.2. The number of fused-ring (bicyclic) bond motifs is 1. The van der Waals surface area contributed by atoms with Crippen molar-refractivity contribution in [3.8, 4) is 0 Å². The topological polar surface area (TPSA) is 90.3 Å². The molecule has 7 nitrogen and oxygen atoms in total. The molecule has 0 unspecified atom stereocenters. The van der Waals surface area contributed by atoms with Gasteiger partial charge in [-0.2, -0.15) is 0 Å². The molecule has 1 amide bonds. The zero-order valence-electron chi connectivity index (χ0n) is 17.9. The third-order valence-corrected chi connectivity index (χ3v) is 5.74. The van der Waals surface area contributed by atoms with Gasteiger partial charge in [0.2, 0.25) is 0 Å². The number of carbonyl (C=O) groups is 1. The fraction of sp³-hybridized carbons (Fsp3) is 0.391. The number of hydrogen-bond acceptors (Lipinski definition) is 5. The maximum absolute atomic E-state index is 13.0. The number of piperidine rings is 1. The minimum atomic E-state index is 0.0471. The van der Waals surface area contributed by atoms with Crippen molar-refractivity contribution >= 4 is 34.0 Å². The first-order valence-electron chi connectivity index (χ1n) is 10.5. The first-order chi connectivity index (χ1) is 14.4. The molecule has 1 aromatic carbocycles. The van der Waals surface area contributed by atoms with Gasteiger partial charge in [0, 0.05) is 55.0 Å². The van der Waals surface area contributed by atoms with Crippen molar-refractivity contribution in [1.29, 1.82) is 0 Å². The van der Waals surface area contributed by atoms with E-state index in [0.717, 1.165) is 48.3 Å². The standard InChI is InChI=1S/C23H30N6O/c1-15(2)26-20-5-4-10-25-22(20)28(3)18-8-11-29(12-9-18)23(30)21-14-16-13-17(24)6-7-19(16)27-21/h4-7,10,13-15,18,26-27H,8-9,11-12,24H2,1-3H3. The Hall–Kier alpha value is -3.22. The number of nitrogens with two attached hydrogens (primary N) is 1. The molecule has 30 heavy (non-hydrogen) atoms. The number of H-pyrrole nitrogens is 1. The van der Waals surface area contributed by atoms with E-state index in [2.05, 4.69) is 47.1 Å². The highest BCUT2D eigenvalue weighted by atomic mass is 16.2. The number of amides is 1. The van der Waals surface area contributed by atoms with E-state index in [-0.39, 0.29) is 5.91 Å². The molecule has 1 aliphatic heterocycles. The predicted molar refractivity (Wildman–Crippen MR) is 123 cm³/mol. The molecule has 3 aromatic rings. The Labute approximate surface area is 177 Å². The van der Waals surface area contributed by atoms with Crippen LogP contribution in [0.2, 0.25) is 0 Å². The molecule has 7 heteroatoms. The van der Waals surface area contributed by atoms with Crippen molar-refractivity contribution in [3.63, 3.8) is 0 Å². The van der Waals surface area contributed by atoms with Crippen LogP contribution in [0.1, 0.15) is 37.2 Å². The molecule has 0 spiro atoms. The monoisotopic (exact) mass is 406 g/mol. The molecule has 1 saturated heterocycles. The lowest BCUT2D eigenvalue weighted by Gasteiger charge is -2.37. The average Bonchev–Trinajstić information content (AvgIpc) is 3.16. The van der Waals surface area contributed by atoms with Crippen LogP contribution in [-0.2, 0) is 0 Å². The predicted octanol–water partition coefficient (Wildman–Crippen LogP) is 3.71. The number of hydrogen-bond donors (Lipinski definition) is 3. The van der Waals surface area contributed by atoms with Gasteiger partial charge in [-0.3, -0.25) is 4.79 Å². The van der Waals surface area contributed by atoms with Crippen LogP contribution in [0.25, 0.3) is 10.9 Å². The maximum atomic E-state index is 13.0. The summed E-state index contributed by atoms with van der Waals surface area (Å²) < 4.78 is 0. The van der Waals surface area contributed by atoms with E-state index in [1.165, 1.54) is 0 Å². The smallest absolute Gasteiger partial charge is 0.270 e. The molecular weight excluding hydrogens is 376 g/mol. The van der Waals surface area contributed by atoms with Gasteiger partial charge in [0.15, 0.2) is 5.82 Å². The number of nitrogens with zero attached hydrogens (tertiary/aromatic N) is 3. The van der Waals surface area contributed by atoms with Gasteiger partial charge in [0.1, 0.15) is 5.69 Å². The van der Waals surface area contributed by atoms with E-state index in [1.807, 2.05) is 41.4 Å². The summed E-state index contributed by atoms with van der Waals surface area (Å²) in [7, 11) is 2.10. The number of nitrogens with one attached hydrogen (secondary N) is 2. The number of rotatable bonds is 5. The Balaban J connectivity index is 1.42. The van der Waals surface area contributed by atoms with E-state index in [0.29, 0.717) is 23.5 Å². The quantitative estimate of drug-likeness (QED) is 0.562. The Morgan fingerprint density at radius 3 is 2.77 bits per heavy atom.